The van der Waals surface area contributed by atoms with Crippen molar-refractivity contribution in [2.75, 3.05) is 6.54 Å². The Bertz CT molecular complexity index is 365. The Balaban J connectivity index is 2.01. The second-order valence-electron chi connectivity index (χ2n) is 5.81. The van der Waals surface area contributed by atoms with Gasteiger partial charge in [0.15, 0.2) is 0 Å². The second-order valence-corrected chi connectivity index (χ2v) is 5.81. The Morgan fingerprint density at radius 3 is 2.63 bits per heavy atom. The van der Waals surface area contributed by atoms with Crippen LogP contribution in [-0.2, 0) is 6.42 Å². The van der Waals surface area contributed by atoms with Crippen LogP contribution in [0.4, 0.5) is 0 Å². The molecular weight excluding hydrogens is 234 g/mol. The number of aliphatic hydroxyl groups is 1. The molecule has 2 rings (SSSR count). The van der Waals surface area contributed by atoms with E-state index in [0.717, 1.165) is 18.5 Å². The van der Waals surface area contributed by atoms with Crippen LogP contribution in [0.15, 0.2) is 24.3 Å². The van der Waals surface area contributed by atoms with Gasteiger partial charge in [-0.25, -0.2) is 0 Å². The van der Waals surface area contributed by atoms with Gasteiger partial charge in [-0.1, -0.05) is 51.0 Å². The Kier molecular flexibility index (Phi) is 5.41. The van der Waals surface area contributed by atoms with E-state index in [4.69, 9.17) is 0 Å². The molecule has 106 valence electrons. The van der Waals surface area contributed by atoms with E-state index in [1.807, 2.05) is 0 Å². The Hall–Kier alpha value is -0.860. The van der Waals surface area contributed by atoms with E-state index in [0.29, 0.717) is 6.04 Å². The van der Waals surface area contributed by atoms with Crippen molar-refractivity contribution < 1.29 is 5.11 Å². The molecule has 3 unspecified atom stereocenters. The molecule has 1 aliphatic rings. The van der Waals surface area contributed by atoms with Crippen molar-refractivity contribution in [3.63, 3.8) is 0 Å². The van der Waals surface area contributed by atoms with Crippen molar-refractivity contribution in [3.8, 4) is 0 Å². The number of hydrogen-bond acceptors (Lipinski definition) is 2. The largest absolute Gasteiger partial charge is 0.388 e. The van der Waals surface area contributed by atoms with Crippen LogP contribution >= 0.6 is 0 Å². The maximum atomic E-state index is 10.6. The molecule has 0 amide bonds. The number of rotatable bonds is 4. The molecule has 1 fully saturated rings. The summed E-state index contributed by atoms with van der Waals surface area (Å²) >= 11 is 0. The summed E-state index contributed by atoms with van der Waals surface area (Å²) in [5.74, 6) is 0.269. The first-order valence-corrected chi connectivity index (χ1v) is 7.72. The van der Waals surface area contributed by atoms with E-state index in [2.05, 4.69) is 43.4 Å². The van der Waals surface area contributed by atoms with Gasteiger partial charge in [0.05, 0.1) is 6.10 Å². The number of nitrogens with one attached hydrogen (secondary N) is 1. The minimum Gasteiger partial charge on any atom is -0.388 e. The lowest BCUT2D eigenvalue weighted by atomic mass is 9.88. The first-order valence-electron chi connectivity index (χ1n) is 7.72. The van der Waals surface area contributed by atoms with Crippen LogP contribution in [0.3, 0.4) is 0 Å². The third kappa shape index (κ3) is 3.80. The molecule has 1 aliphatic heterocycles. The minimum absolute atomic E-state index is 0.269. The highest BCUT2D eigenvalue weighted by atomic mass is 16.3. The van der Waals surface area contributed by atoms with E-state index < -0.39 is 0 Å². The van der Waals surface area contributed by atoms with Crippen molar-refractivity contribution in [1.29, 1.82) is 0 Å². The smallest absolute Gasteiger partial charge is 0.0830 e. The summed E-state index contributed by atoms with van der Waals surface area (Å²) in [7, 11) is 0. The van der Waals surface area contributed by atoms with Crippen molar-refractivity contribution in [2.45, 2.75) is 58.1 Å². The SMILES string of the molecule is CCc1ccc(C(O)C(C)C2CCCCCN2)cc1. The van der Waals surface area contributed by atoms with Gasteiger partial charge in [0.25, 0.3) is 0 Å². The first kappa shape index (κ1) is 14.5. The Labute approximate surface area is 117 Å². The Morgan fingerprint density at radius 2 is 1.95 bits per heavy atom. The van der Waals surface area contributed by atoms with E-state index in [1.54, 1.807) is 0 Å². The fourth-order valence-electron chi connectivity index (χ4n) is 2.98. The van der Waals surface area contributed by atoms with E-state index in [-0.39, 0.29) is 12.0 Å². The normalized spacial score (nSPS) is 23.6. The number of aliphatic hydroxyl groups excluding tert-OH is 1. The molecule has 19 heavy (non-hydrogen) atoms. The van der Waals surface area contributed by atoms with Crippen LogP contribution in [0.25, 0.3) is 0 Å². The quantitative estimate of drug-likeness (QED) is 0.870. The predicted octanol–water partition coefficient (Wildman–Crippen LogP) is 3.45. The molecule has 0 spiro atoms. The van der Waals surface area contributed by atoms with Gasteiger partial charge in [0.2, 0.25) is 0 Å². The molecule has 1 heterocycles. The van der Waals surface area contributed by atoms with Crippen LogP contribution in [0.2, 0.25) is 0 Å². The minimum atomic E-state index is -0.360. The average Bonchev–Trinajstić information content (AvgIpc) is 2.75. The molecule has 3 atom stereocenters. The lowest BCUT2D eigenvalue weighted by molar-refractivity contribution is 0.0927. The zero-order valence-electron chi connectivity index (χ0n) is 12.2. The summed E-state index contributed by atoms with van der Waals surface area (Å²) in [5.41, 5.74) is 2.38. The zero-order chi connectivity index (χ0) is 13.7. The lowest BCUT2D eigenvalue weighted by Crippen LogP contribution is -2.37. The molecule has 2 heteroatoms. The first-order chi connectivity index (χ1) is 9.22. The van der Waals surface area contributed by atoms with Crippen LogP contribution in [0.5, 0.6) is 0 Å². The van der Waals surface area contributed by atoms with Crippen LogP contribution in [0, 0.1) is 5.92 Å². The molecule has 2 nitrogen and oxygen atoms in total. The standard InChI is InChI=1S/C17H27NO/c1-3-14-8-10-15(11-9-14)17(19)13(2)16-7-5-4-6-12-18-16/h8-11,13,16-19H,3-7,12H2,1-2H3. The van der Waals surface area contributed by atoms with Gasteiger partial charge in [0.1, 0.15) is 0 Å². The summed E-state index contributed by atoms with van der Waals surface area (Å²) in [6, 6.07) is 8.87. The van der Waals surface area contributed by atoms with Crippen LogP contribution in [-0.4, -0.2) is 17.7 Å². The number of benzene rings is 1. The summed E-state index contributed by atoms with van der Waals surface area (Å²) in [4.78, 5) is 0. The highest BCUT2D eigenvalue weighted by Gasteiger charge is 2.25. The summed E-state index contributed by atoms with van der Waals surface area (Å²) in [6.07, 6.45) is 5.74. The van der Waals surface area contributed by atoms with Gasteiger partial charge in [-0.2, -0.15) is 0 Å². The van der Waals surface area contributed by atoms with Crippen molar-refractivity contribution >= 4 is 0 Å². The molecule has 1 aromatic carbocycles. The van der Waals surface area contributed by atoms with E-state index >= 15 is 0 Å². The molecule has 0 aliphatic carbocycles. The molecular formula is C17H27NO. The monoisotopic (exact) mass is 261 g/mol. The second kappa shape index (κ2) is 7.06. The Morgan fingerprint density at radius 1 is 1.21 bits per heavy atom. The highest BCUT2D eigenvalue weighted by molar-refractivity contribution is 5.24. The maximum absolute atomic E-state index is 10.6. The fraction of sp³-hybridized carbons (Fsp3) is 0.647. The molecule has 1 saturated heterocycles. The van der Waals surface area contributed by atoms with Gasteiger partial charge < -0.3 is 10.4 Å². The zero-order valence-corrected chi connectivity index (χ0v) is 12.2. The molecule has 1 aromatic rings. The van der Waals surface area contributed by atoms with E-state index in [1.165, 1.54) is 31.2 Å². The predicted molar refractivity (Wildman–Crippen MR) is 80.2 cm³/mol. The van der Waals surface area contributed by atoms with E-state index in [9.17, 15) is 5.11 Å². The third-order valence-electron chi connectivity index (χ3n) is 4.46. The maximum Gasteiger partial charge on any atom is 0.0830 e. The topological polar surface area (TPSA) is 32.3 Å². The molecule has 0 saturated carbocycles. The lowest BCUT2D eigenvalue weighted by Gasteiger charge is -2.28. The third-order valence-corrected chi connectivity index (χ3v) is 4.46. The molecule has 0 radical (unpaired) electrons. The van der Waals surface area contributed by atoms with Gasteiger partial charge in [-0.3, -0.25) is 0 Å². The molecule has 2 N–H and O–H groups in total. The fourth-order valence-corrected chi connectivity index (χ4v) is 2.98. The summed E-state index contributed by atoms with van der Waals surface area (Å²) < 4.78 is 0. The highest BCUT2D eigenvalue weighted by Crippen LogP contribution is 2.28. The van der Waals surface area contributed by atoms with Gasteiger partial charge in [-0.05, 0) is 36.9 Å². The molecule has 0 aromatic heterocycles. The summed E-state index contributed by atoms with van der Waals surface area (Å²) in [5, 5.41) is 14.2. The molecule has 0 bridgehead atoms. The number of hydrogen-bond donors (Lipinski definition) is 2. The van der Waals surface area contributed by atoms with Crippen molar-refractivity contribution in [2.24, 2.45) is 5.92 Å². The van der Waals surface area contributed by atoms with Gasteiger partial charge >= 0.3 is 0 Å². The van der Waals surface area contributed by atoms with Gasteiger partial charge in [-0.15, -0.1) is 0 Å². The van der Waals surface area contributed by atoms with Crippen LogP contribution < -0.4 is 5.32 Å². The van der Waals surface area contributed by atoms with Gasteiger partial charge in [0, 0.05) is 12.0 Å². The number of aryl methyl sites for hydroxylation is 1. The summed E-state index contributed by atoms with van der Waals surface area (Å²) in [6.45, 7) is 5.42. The van der Waals surface area contributed by atoms with Crippen LogP contribution in [0.1, 0.15) is 56.8 Å². The van der Waals surface area contributed by atoms with Crippen molar-refractivity contribution in [3.05, 3.63) is 35.4 Å². The van der Waals surface area contributed by atoms with Crippen molar-refractivity contribution in [1.82, 2.24) is 5.32 Å². The average molecular weight is 261 g/mol.